The molecule has 0 aromatic heterocycles. The Morgan fingerprint density at radius 1 is 1.18 bits per heavy atom. The standard InChI is InChI=1S/C18H28O4/c1-3-13(2)17(10-6-4-7-11-17)18(16(21)22)12-8-5-9-14(18)15(19)20/h5,8,13-14H,3-4,6-7,9-12H2,1-2H3,(H,19,20)(H,21,22). The molecule has 2 rings (SSSR count). The molecule has 0 bridgehead atoms. The quantitative estimate of drug-likeness (QED) is 0.750. The third-order valence-corrected chi connectivity index (χ3v) is 6.44. The Morgan fingerprint density at radius 2 is 1.82 bits per heavy atom. The lowest BCUT2D eigenvalue weighted by Gasteiger charge is -2.56. The molecule has 2 N–H and O–H groups in total. The molecule has 0 aromatic carbocycles. The Morgan fingerprint density at radius 3 is 2.32 bits per heavy atom. The van der Waals surface area contributed by atoms with Crippen molar-refractivity contribution in [3.63, 3.8) is 0 Å². The van der Waals surface area contributed by atoms with Gasteiger partial charge >= 0.3 is 11.9 Å². The predicted molar refractivity (Wildman–Crippen MR) is 84.5 cm³/mol. The van der Waals surface area contributed by atoms with Crippen LogP contribution < -0.4 is 0 Å². The largest absolute Gasteiger partial charge is 0.481 e. The van der Waals surface area contributed by atoms with Gasteiger partial charge in [-0.15, -0.1) is 0 Å². The zero-order valence-corrected chi connectivity index (χ0v) is 13.7. The summed E-state index contributed by atoms with van der Waals surface area (Å²) >= 11 is 0. The molecule has 0 aliphatic heterocycles. The molecule has 1 fully saturated rings. The van der Waals surface area contributed by atoms with Gasteiger partial charge in [0, 0.05) is 0 Å². The minimum absolute atomic E-state index is 0.220. The second-order valence-electron chi connectivity index (χ2n) is 7.10. The van der Waals surface area contributed by atoms with Crippen molar-refractivity contribution in [3.05, 3.63) is 12.2 Å². The predicted octanol–water partition coefficient (Wildman–Crippen LogP) is 4.10. The van der Waals surface area contributed by atoms with Crippen LogP contribution in [0.2, 0.25) is 0 Å². The molecule has 124 valence electrons. The summed E-state index contributed by atoms with van der Waals surface area (Å²) in [6, 6.07) is 0. The summed E-state index contributed by atoms with van der Waals surface area (Å²) in [6.07, 6.45) is 10.1. The van der Waals surface area contributed by atoms with Gasteiger partial charge in [-0.05, 0) is 37.0 Å². The lowest BCUT2D eigenvalue weighted by atomic mass is 9.45. The average Bonchev–Trinajstić information content (AvgIpc) is 2.54. The first kappa shape index (κ1) is 17.0. The fourth-order valence-corrected chi connectivity index (χ4v) is 5.11. The Hall–Kier alpha value is -1.32. The molecule has 4 nitrogen and oxygen atoms in total. The van der Waals surface area contributed by atoms with E-state index in [0.717, 1.165) is 38.5 Å². The summed E-state index contributed by atoms with van der Waals surface area (Å²) in [5.41, 5.74) is -1.57. The second-order valence-corrected chi connectivity index (χ2v) is 7.10. The molecule has 2 aliphatic rings. The summed E-state index contributed by atoms with van der Waals surface area (Å²) in [4.78, 5) is 24.3. The molecule has 4 heteroatoms. The summed E-state index contributed by atoms with van der Waals surface area (Å²) in [5, 5.41) is 19.9. The molecule has 3 atom stereocenters. The Balaban J connectivity index is 2.62. The molecular formula is C18H28O4. The smallest absolute Gasteiger partial charge is 0.311 e. The average molecular weight is 308 g/mol. The Labute approximate surface area is 132 Å². The van der Waals surface area contributed by atoms with Crippen LogP contribution in [0.25, 0.3) is 0 Å². The second kappa shape index (κ2) is 6.43. The number of carbonyl (C=O) groups is 2. The number of hydrogen-bond donors (Lipinski definition) is 2. The van der Waals surface area contributed by atoms with Gasteiger partial charge in [-0.2, -0.15) is 0 Å². The minimum Gasteiger partial charge on any atom is -0.481 e. The van der Waals surface area contributed by atoms with Crippen LogP contribution >= 0.6 is 0 Å². The van der Waals surface area contributed by atoms with Gasteiger partial charge in [0.1, 0.15) is 0 Å². The monoisotopic (exact) mass is 308 g/mol. The number of carboxylic acids is 2. The van der Waals surface area contributed by atoms with Gasteiger partial charge in [0.05, 0.1) is 11.3 Å². The third-order valence-electron chi connectivity index (χ3n) is 6.44. The van der Waals surface area contributed by atoms with Crippen LogP contribution in [0.15, 0.2) is 12.2 Å². The summed E-state index contributed by atoms with van der Waals surface area (Å²) in [6.45, 7) is 4.21. The normalized spacial score (nSPS) is 32.4. The van der Waals surface area contributed by atoms with Crippen molar-refractivity contribution in [2.75, 3.05) is 0 Å². The zero-order chi connectivity index (χ0) is 16.4. The van der Waals surface area contributed by atoms with E-state index in [1.165, 1.54) is 0 Å². The number of rotatable bonds is 5. The summed E-state index contributed by atoms with van der Waals surface area (Å²) in [5.74, 6) is -2.47. The molecule has 0 spiro atoms. The van der Waals surface area contributed by atoms with Gasteiger partial charge in [-0.1, -0.05) is 51.7 Å². The van der Waals surface area contributed by atoms with Crippen molar-refractivity contribution in [2.45, 2.75) is 65.2 Å². The SMILES string of the molecule is CCC(C)C1(C2(C(=O)O)CC=CCC2C(=O)O)CCCCC1. The lowest BCUT2D eigenvalue weighted by molar-refractivity contribution is -0.185. The van der Waals surface area contributed by atoms with Crippen molar-refractivity contribution in [2.24, 2.45) is 22.7 Å². The first-order valence-electron chi connectivity index (χ1n) is 8.53. The lowest BCUT2D eigenvalue weighted by Crippen LogP contribution is -2.58. The van der Waals surface area contributed by atoms with Crippen molar-refractivity contribution < 1.29 is 19.8 Å². The van der Waals surface area contributed by atoms with Crippen LogP contribution in [0.4, 0.5) is 0 Å². The first-order valence-corrected chi connectivity index (χ1v) is 8.53. The summed E-state index contributed by atoms with van der Waals surface area (Å²) in [7, 11) is 0. The molecule has 0 heterocycles. The van der Waals surface area contributed by atoms with E-state index >= 15 is 0 Å². The van der Waals surface area contributed by atoms with Gasteiger partial charge in [0.2, 0.25) is 0 Å². The highest BCUT2D eigenvalue weighted by molar-refractivity contribution is 5.85. The highest BCUT2D eigenvalue weighted by Gasteiger charge is 2.63. The van der Waals surface area contributed by atoms with Crippen LogP contribution in [0, 0.1) is 22.7 Å². The number of carboxylic acid groups (broad SMARTS) is 2. The van der Waals surface area contributed by atoms with E-state index < -0.39 is 28.7 Å². The molecule has 3 unspecified atom stereocenters. The van der Waals surface area contributed by atoms with E-state index in [2.05, 4.69) is 13.8 Å². The van der Waals surface area contributed by atoms with Crippen LogP contribution in [0.3, 0.4) is 0 Å². The van der Waals surface area contributed by atoms with Crippen LogP contribution in [0.1, 0.15) is 65.2 Å². The molecule has 2 aliphatic carbocycles. The fraction of sp³-hybridized carbons (Fsp3) is 0.778. The van der Waals surface area contributed by atoms with E-state index in [1.807, 2.05) is 12.2 Å². The molecule has 0 amide bonds. The van der Waals surface area contributed by atoms with Crippen molar-refractivity contribution in [1.29, 1.82) is 0 Å². The Kier molecular flexibility index (Phi) is 4.98. The van der Waals surface area contributed by atoms with E-state index in [-0.39, 0.29) is 5.92 Å². The van der Waals surface area contributed by atoms with Gasteiger partial charge in [-0.25, -0.2) is 0 Å². The van der Waals surface area contributed by atoms with Crippen molar-refractivity contribution >= 4 is 11.9 Å². The zero-order valence-electron chi connectivity index (χ0n) is 13.7. The van der Waals surface area contributed by atoms with Crippen LogP contribution in [-0.2, 0) is 9.59 Å². The Bertz CT molecular complexity index is 462. The first-order chi connectivity index (χ1) is 10.4. The van der Waals surface area contributed by atoms with Crippen molar-refractivity contribution in [1.82, 2.24) is 0 Å². The molecular weight excluding hydrogens is 280 g/mol. The van der Waals surface area contributed by atoms with Gasteiger partial charge in [0.25, 0.3) is 0 Å². The third kappa shape index (κ3) is 2.37. The molecule has 0 saturated heterocycles. The molecule has 0 radical (unpaired) electrons. The van der Waals surface area contributed by atoms with E-state index in [9.17, 15) is 19.8 Å². The molecule has 0 aromatic rings. The van der Waals surface area contributed by atoms with Crippen LogP contribution in [-0.4, -0.2) is 22.2 Å². The fourth-order valence-electron chi connectivity index (χ4n) is 5.11. The highest BCUT2D eigenvalue weighted by atomic mass is 16.4. The van der Waals surface area contributed by atoms with E-state index in [4.69, 9.17) is 0 Å². The minimum atomic E-state index is -1.16. The number of aliphatic carboxylic acids is 2. The van der Waals surface area contributed by atoms with Gasteiger partial charge in [0.15, 0.2) is 0 Å². The van der Waals surface area contributed by atoms with E-state index in [0.29, 0.717) is 12.8 Å². The maximum Gasteiger partial charge on any atom is 0.311 e. The summed E-state index contributed by atoms with van der Waals surface area (Å²) < 4.78 is 0. The molecule has 22 heavy (non-hydrogen) atoms. The van der Waals surface area contributed by atoms with Gasteiger partial charge in [-0.3, -0.25) is 9.59 Å². The highest BCUT2D eigenvalue weighted by Crippen LogP contribution is 2.62. The van der Waals surface area contributed by atoms with E-state index in [1.54, 1.807) is 0 Å². The maximum absolute atomic E-state index is 12.4. The molecule has 1 saturated carbocycles. The maximum atomic E-state index is 12.4. The van der Waals surface area contributed by atoms with Gasteiger partial charge < -0.3 is 10.2 Å². The number of hydrogen-bond acceptors (Lipinski definition) is 2. The number of allylic oxidation sites excluding steroid dienone is 2. The van der Waals surface area contributed by atoms with Crippen molar-refractivity contribution in [3.8, 4) is 0 Å². The topological polar surface area (TPSA) is 74.6 Å². The van der Waals surface area contributed by atoms with Crippen LogP contribution in [0.5, 0.6) is 0 Å².